The summed E-state index contributed by atoms with van der Waals surface area (Å²) >= 11 is 3.17. The summed E-state index contributed by atoms with van der Waals surface area (Å²) in [5.41, 5.74) is 0.484. The number of nitrogens with one attached hydrogen (secondary N) is 1. The van der Waals surface area contributed by atoms with Crippen LogP contribution >= 0.6 is 22.7 Å². The number of hydrogen-bond acceptors (Lipinski definition) is 5. The molecule has 0 aliphatic carbocycles. The van der Waals surface area contributed by atoms with Gasteiger partial charge < -0.3 is 9.73 Å². The lowest BCUT2D eigenvalue weighted by atomic mass is 10.3. The van der Waals surface area contributed by atoms with Crippen LogP contribution in [0.4, 0.5) is 0 Å². The second kappa shape index (κ2) is 6.24. The van der Waals surface area contributed by atoms with E-state index in [1.165, 1.54) is 16.2 Å². The standard InChI is InChI=1S/C15H14N2O2S2/c1-10-13(17-15(21-10)12-5-2-8-19-12)14(18)16-7-6-11-4-3-9-20-11/h2-5,8-9H,6-7H2,1H3,(H,16,18). The Balaban J connectivity index is 1.64. The van der Waals surface area contributed by atoms with Gasteiger partial charge in [0.15, 0.2) is 10.8 Å². The summed E-state index contributed by atoms with van der Waals surface area (Å²) in [6.45, 7) is 2.52. The van der Waals surface area contributed by atoms with Gasteiger partial charge in [0.2, 0.25) is 0 Å². The Bertz CT molecular complexity index is 715. The van der Waals surface area contributed by atoms with Gasteiger partial charge in [-0.15, -0.1) is 22.7 Å². The van der Waals surface area contributed by atoms with Gasteiger partial charge in [0.05, 0.1) is 6.26 Å². The molecule has 1 N–H and O–H groups in total. The van der Waals surface area contributed by atoms with Gasteiger partial charge in [0, 0.05) is 16.3 Å². The Morgan fingerprint density at radius 1 is 1.38 bits per heavy atom. The van der Waals surface area contributed by atoms with E-state index in [1.807, 2.05) is 30.5 Å². The van der Waals surface area contributed by atoms with Gasteiger partial charge in [-0.1, -0.05) is 6.07 Å². The minimum absolute atomic E-state index is 0.127. The third-order valence-electron chi connectivity index (χ3n) is 2.98. The number of furan rings is 1. The van der Waals surface area contributed by atoms with Crippen molar-refractivity contribution < 1.29 is 9.21 Å². The zero-order chi connectivity index (χ0) is 14.7. The van der Waals surface area contributed by atoms with Crippen LogP contribution in [0.2, 0.25) is 0 Å². The fourth-order valence-corrected chi connectivity index (χ4v) is 3.54. The molecule has 21 heavy (non-hydrogen) atoms. The molecule has 0 fully saturated rings. The summed E-state index contributed by atoms with van der Waals surface area (Å²) in [6, 6.07) is 7.74. The smallest absolute Gasteiger partial charge is 0.271 e. The van der Waals surface area contributed by atoms with E-state index < -0.39 is 0 Å². The monoisotopic (exact) mass is 318 g/mol. The van der Waals surface area contributed by atoms with Crippen LogP contribution in [0.25, 0.3) is 10.8 Å². The number of carbonyl (C=O) groups excluding carboxylic acids is 1. The van der Waals surface area contributed by atoms with Gasteiger partial charge >= 0.3 is 0 Å². The first kappa shape index (κ1) is 14.0. The maximum Gasteiger partial charge on any atom is 0.271 e. The van der Waals surface area contributed by atoms with Crippen molar-refractivity contribution in [2.75, 3.05) is 6.54 Å². The van der Waals surface area contributed by atoms with Crippen LogP contribution in [0.1, 0.15) is 20.2 Å². The Hall–Kier alpha value is -1.92. The van der Waals surface area contributed by atoms with Gasteiger partial charge in [-0.05, 0) is 36.9 Å². The second-order valence-corrected chi connectivity index (χ2v) is 6.72. The number of nitrogens with zero attached hydrogens (tertiary/aromatic N) is 1. The lowest BCUT2D eigenvalue weighted by Gasteiger charge is -2.02. The van der Waals surface area contributed by atoms with Gasteiger partial charge in [-0.25, -0.2) is 4.98 Å². The predicted octanol–water partition coefficient (Wildman–Crippen LogP) is 3.75. The highest BCUT2D eigenvalue weighted by Gasteiger charge is 2.17. The first-order valence-electron chi connectivity index (χ1n) is 6.56. The predicted molar refractivity (Wildman–Crippen MR) is 84.9 cm³/mol. The van der Waals surface area contributed by atoms with Gasteiger partial charge in [0.25, 0.3) is 5.91 Å². The third-order valence-corrected chi connectivity index (χ3v) is 4.90. The van der Waals surface area contributed by atoms with Crippen LogP contribution in [0, 0.1) is 6.92 Å². The average Bonchev–Trinajstić information content (AvgIpc) is 3.19. The molecule has 6 heteroatoms. The highest BCUT2D eigenvalue weighted by atomic mass is 32.1. The van der Waals surface area contributed by atoms with Crippen molar-refractivity contribution in [3.63, 3.8) is 0 Å². The van der Waals surface area contributed by atoms with E-state index in [-0.39, 0.29) is 5.91 Å². The van der Waals surface area contributed by atoms with Gasteiger partial charge in [0.1, 0.15) is 5.69 Å². The lowest BCUT2D eigenvalue weighted by Crippen LogP contribution is -2.26. The molecule has 1 amide bonds. The Morgan fingerprint density at radius 3 is 3.00 bits per heavy atom. The van der Waals surface area contributed by atoms with E-state index in [9.17, 15) is 4.79 Å². The van der Waals surface area contributed by atoms with Crippen molar-refractivity contribution in [1.82, 2.24) is 10.3 Å². The van der Waals surface area contributed by atoms with E-state index in [0.29, 0.717) is 18.0 Å². The van der Waals surface area contributed by atoms with E-state index >= 15 is 0 Å². The summed E-state index contributed by atoms with van der Waals surface area (Å²) < 4.78 is 5.32. The molecule has 0 unspecified atom stereocenters. The summed E-state index contributed by atoms with van der Waals surface area (Å²) in [4.78, 5) is 18.7. The molecule has 3 heterocycles. The Labute approximate surface area is 130 Å². The molecule has 0 aliphatic rings. The number of thiophene rings is 1. The van der Waals surface area contributed by atoms with Crippen LogP contribution < -0.4 is 5.32 Å². The van der Waals surface area contributed by atoms with Crippen molar-refractivity contribution >= 4 is 28.6 Å². The summed E-state index contributed by atoms with van der Waals surface area (Å²) in [5, 5.41) is 5.69. The number of hydrogen-bond donors (Lipinski definition) is 1. The highest BCUT2D eigenvalue weighted by Crippen LogP contribution is 2.27. The minimum atomic E-state index is -0.127. The molecule has 0 atom stereocenters. The molecular weight excluding hydrogens is 304 g/mol. The number of aryl methyl sites for hydroxylation is 1. The summed E-state index contributed by atoms with van der Waals surface area (Å²) in [6.07, 6.45) is 2.45. The molecule has 0 saturated heterocycles. The van der Waals surface area contributed by atoms with Crippen LogP contribution in [-0.4, -0.2) is 17.4 Å². The maximum atomic E-state index is 12.2. The van der Waals surface area contributed by atoms with Gasteiger partial charge in [-0.3, -0.25) is 4.79 Å². The highest BCUT2D eigenvalue weighted by molar-refractivity contribution is 7.15. The fourth-order valence-electron chi connectivity index (χ4n) is 1.95. The zero-order valence-corrected chi connectivity index (χ0v) is 13.1. The van der Waals surface area contributed by atoms with Crippen LogP contribution in [0.5, 0.6) is 0 Å². The first-order chi connectivity index (χ1) is 10.2. The molecule has 3 aromatic rings. The normalized spacial score (nSPS) is 10.7. The van der Waals surface area contributed by atoms with Crippen LogP contribution in [0.15, 0.2) is 40.3 Å². The summed E-state index contributed by atoms with van der Waals surface area (Å²) in [7, 11) is 0. The maximum absolute atomic E-state index is 12.2. The number of aromatic nitrogens is 1. The summed E-state index contributed by atoms with van der Waals surface area (Å²) in [5.74, 6) is 0.568. The quantitative estimate of drug-likeness (QED) is 0.779. The third kappa shape index (κ3) is 3.22. The van der Waals surface area contributed by atoms with Crippen molar-refractivity contribution in [1.29, 1.82) is 0 Å². The molecule has 0 aliphatic heterocycles. The Kier molecular flexibility index (Phi) is 4.17. The molecular formula is C15H14N2O2S2. The molecule has 0 radical (unpaired) electrons. The topological polar surface area (TPSA) is 55.1 Å². The molecule has 0 bridgehead atoms. The van der Waals surface area contributed by atoms with Crippen molar-refractivity contribution in [3.05, 3.63) is 51.4 Å². The molecule has 0 saturated carbocycles. The van der Waals surface area contributed by atoms with Gasteiger partial charge in [-0.2, -0.15) is 0 Å². The Morgan fingerprint density at radius 2 is 2.29 bits per heavy atom. The van der Waals surface area contributed by atoms with E-state index in [4.69, 9.17) is 4.42 Å². The molecule has 4 nitrogen and oxygen atoms in total. The van der Waals surface area contributed by atoms with Crippen LogP contribution in [0.3, 0.4) is 0 Å². The number of rotatable bonds is 5. The van der Waals surface area contributed by atoms with Crippen molar-refractivity contribution in [2.24, 2.45) is 0 Å². The average molecular weight is 318 g/mol. The second-order valence-electron chi connectivity index (χ2n) is 4.49. The number of thiazole rings is 1. The number of amides is 1. The molecule has 3 aromatic heterocycles. The molecule has 0 aromatic carbocycles. The van der Waals surface area contributed by atoms with Crippen molar-refractivity contribution in [2.45, 2.75) is 13.3 Å². The first-order valence-corrected chi connectivity index (χ1v) is 8.25. The molecule has 108 valence electrons. The minimum Gasteiger partial charge on any atom is -0.462 e. The van der Waals surface area contributed by atoms with E-state index in [0.717, 1.165) is 16.3 Å². The molecule has 3 rings (SSSR count). The van der Waals surface area contributed by atoms with E-state index in [2.05, 4.69) is 16.4 Å². The number of carbonyl (C=O) groups is 1. The largest absolute Gasteiger partial charge is 0.462 e. The fraction of sp³-hybridized carbons (Fsp3) is 0.200. The zero-order valence-electron chi connectivity index (χ0n) is 11.5. The van der Waals surface area contributed by atoms with E-state index in [1.54, 1.807) is 17.6 Å². The SMILES string of the molecule is Cc1sc(-c2ccco2)nc1C(=O)NCCc1cccs1. The molecule has 0 spiro atoms. The lowest BCUT2D eigenvalue weighted by molar-refractivity contribution is 0.0949. The van der Waals surface area contributed by atoms with Crippen LogP contribution in [-0.2, 0) is 6.42 Å². The van der Waals surface area contributed by atoms with Crippen molar-refractivity contribution in [3.8, 4) is 10.8 Å².